The van der Waals surface area contributed by atoms with Gasteiger partial charge in [-0.15, -0.1) is 0 Å². The topological polar surface area (TPSA) is 92.7 Å². The Morgan fingerprint density at radius 1 is 1.50 bits per heavy atom. The zero-order chi connectivity index (χ0) is 11.0. The molecule has 0 aliphatic carbocycles. The number of ether oxygens (including phenoxy) is 1. The van der Waals surface area contributed by atoms with E-state index in [9.17, 15) is 13.2 Å². The number of aliphatic hydroxyl groups excluding tert-OH is 1. The normalized spacial score (nSPS) is 11.3. The molecular formula is C7H15NO5S. The minimum atomic E-state index is -3.45. The van der Waals surface area contributed by atoms with Gasteiger partial charge in [0.1, 0.15) is 0 Å². The number of esters is 1. The lowest BCUT2D eigenvalue weighted by Crippen LogP contribution is -2.30. The second-order valence-corrected chi connectivity index (χ2v) is 4.42. The highest BCUT2D eigenvalue weighted by molar-refractivity contribution is 7.89. The summed E-state index contributed by atoms with van der Waals surface area (Å²) in [6, 6.07) is 0. The van der Waals surface area contributed by atoms with Crippen molar-refractivity contribution in [1.29, 1.82) is 0 Å². The SMILES string of the molecule is CCOC(=O)CCNS(=O)(=O)CCO. The molecule has 0 rings (SSSR count). The summed E-state index contributed by atoms with van der Waals surface area (Å²) in [5.74, 6) is -0.797. The molecule has 6 nitrogen and oxygen atoms in total. The van der Waals surface area contributed by atoms with Crippen molar-refractivity contribution in [2.24, 2.45) is 0 Å². The monoisotopic (exact) mass is 225 g/mol. The summed E-state index contributed by atoms with van der Waals surface area (Å²) in [6.07, 6.45) is -0.00149. The van der Waals surface area contributed by atoms with Gasteiger partial charge < -0.3 is 9.84 Å². The summed E-state index contributed by atoms with van der Waals surface area (Å²) in [5, 5.41) is 8.38. The first-order valence-corrected chi connectivity index (χ1v) is 5.91. The van der Waals surface area contributed by atoms with E-state index in [-0.39, 0.29) is 25.3 Å². The Labute approximate surface area is 83.3 Å². The number of carbonyl (C=O) groups is 1. The van der Waals surface area contributed by atoms with E-state index in [1.54, 1.807) is 6.92 Å². The molecule has 14 heavy (non-hydrogen) atoms. The maximum Gasteiger partial charge on any atom is 0.307 e. The summed E-state index contributed by atoms with van der Waals surface area (Å²) in [6.45, 7) is 1.52. The van der Waals surface area contributed by atoms with Crippen LogP contribution >= 0.6 is 0 Å². The van der Waals surface area contributed by atoms with Crippen molar-refractivity contribution < 1.29 is 23.1 Å². The predicted octanol–water partition coefficient (Wildman–Crippen LogP) is -1.15. The summed E-state index contributed by atoms with van der Waals surface area (Å²) in [5.41, 5.74) is 0. The second-order valence-electron chi connectivity index (χ2n) is 2.49. The van der Waals surface area contributed by atoms with Gasteiger partial charge in [0.15, 0.2) is 0 Å². The van der Waals surface area contributed by atoms with Gasteiger partial charge in [0.25, 0.3) is 0 Å². The average Bonchev–Trinajstić information content (AvgIpc) is 2.03. The van der Waals surface area contributed by atoms with Crippen molar-refractivity contribution in [1.82, 2.24) is 4.72 Å². The van der Waals surface area contributed by atoms with Crippen LogP contribution in [0, 0.1) is 0 Å². The lowest BCUT2D eigenvalue weighted by molar-refractivity contribution is -0.142. The minimum absolute atomic E-state index is 0.00116. The molecule has 0 aliphatic heterocycles. The Morgan fingerprint density at radius 2 is 2.14 bits per heavy atom. The van der Waals surface area contributed by atoms with Crippen LogP contribution in [0.5, 0.6) is 0 Å². The van der Waals surface area contributed by atoms with E-state index < -0.39 is 22.6 Å². The molecule has 0 heterocycles. The summed E-state index contributed by atoms with van der Waals surface area (Å²) >= 11 is 0. The number of hydrogen-bond acceptors (Lipinski definition) is 5. The van der Waals surface area contributed by atoms with E-state index in [4.69, 9.17) is 5.11 Å². The first kappa shape index (κ1) is 13.3. The third-order valence-corrected chi connectivity index (χ3v) is 2.68. The molecule has 0 atom stereocenters. The van der Waals surface area contributed by atoms with Crippen LogP contribution in [0.2, 0.25) is 0 Å². The van der Waals surface area contributed by atoms with Crippen molar-refractivity contribution in [2.75, 3.05) is 25.5 Å². The summed E-state index contributed by atoms with van der Waals surface area (Å²) in [7, 11) is -3.45. The van der Waals surface area contributed by atoms with Crippen molar-refractivity contribution in [3.63, 3.8) is 0 Å². The van der Waals surface area contributed by atoms with Gasteiger partial charge in [-0.3, -0.25) is 4.79 Å². The largest absolute Gasteiger partial charge is 0.466 e. The van der Waals surface area contributed by atoms with Crippen LogP contribution < -0.4 is 4.72 Å². The number of sulfonamides is 1. The minimum Gasteiger partial charge on any atom is -0.466 e. The van der Waals surface area contributed by atoms with E-state index in [1.807, 2.05) is 0 Å². The second kappa shape index (κ2) is 6.74. The van der Waals surface area contributed by atoms with Gasteiger partial charge in [-0.05, 0) is 6.92 Å². The summed E-state index contributed by atoms with van der Waals surface area (Å²) < 4.78 is 28.6. The van der Waals surface area contributed by atoms with Gasteiger partial charge >= 0.3 is 5.97 Å². The average molecular weight is 225 g/mol. The molecule has 0 bridgehead atoms. The third-order valence-electron chi connectivity index (χ3n) is 1.32. The Hall–Kier alpha value is -0.660. The fraction of sp³-hybridized carbons (Fsp3) is 0.857. The maximum absolute atomic E-state index is 10.9. The molecule has 0 aromatic carbocycles. The van der Waals surface area contributed by atoms with Gasteiger partial charge in [0.05, 0.1) is 25.4 Å². The molecule has 2 N–H and O–H groups in total. The molecule has 0 amide bonds. The standard InChI is InChI=1S/C7H15NO5S/c1-2-13-7(10)3-4-8-14(11,12)6-5-9/h8-9H,2-6H2,1H3. The first-order valence-electron chi connectivity index (χ1n) is 4.25. The molecule has 0 fully saturated rings. The van der Waals surface area contributed by atoms with E-state index in [0.29, 0.717) is 0 Å². The molecule has 7 heteroatoms. The molecule has 0 saturated heterocycles. The third kappa shape index (κ3) is 6.81. The van der Waals surface area contributed by atoms with Gasteiger partial charge in [-0.2, -0.15) is 0 Å². The van der Waals surface area contributed by atoms with E-state index in [2.05, 4.69) is 9.46 Å². The Balaban J connectivity index is 3.68. The number of nitrogens with one attached hydrogen (secondary N) is 1. The van der Waals surface area contributed by atoms with Crippen molar-refractivity contribution in [3.8, 4) is 0 Å². The van der Waals surface area contributed by atoms with Crippen molar-refractivity contribution in [2.45, 2.75) is 13.3 Å². The van der Waals surface area contributed by atoms with Crippen LogP contribution in [0.4, 0.5) is 0 Å². The molecule has 0 spiro atoms. The Bertz CT molecular complexity index is 261. The first-order chi connectivity index (χ1) is 6.52. The highest BCUT2D eigenvalue weighted by Crippen LogP contribution is 1.87. The Kier molecular flexibility index (Phi) is 6.43. The molecule has 0 aromatic rings. The smallest absolute Gasteiger partial charge is 0.307 e. The highest BCUT2D eigenvalue weighted by atomic mass is 32.2. The molecule has 0 saturated carbocycles. The fourth-order valence-electron chi connectivity index (χ4n) is 0.734. The van der Waals surface area contributed by atoms with Gasteiger partial charge in [-0.1, -0.05) is 0 Å². The molecule has 0 radical (unpaired) electrons. The quantitative estimate of drug-likeness (QED) is 0.534. The molecule has 0 aromatic heterocycles. The number of rotatable bonds is 7. The van der Waals surface area contributed by atoms with Crippen LogP contribution in [0.1, 0.15) is 13.3 Å². The van der Waals surface area contributed by atoms with Crippen LogP contribution in [0.15, 0.2) is 0 Å². The van der Waals surface area contributed by atoms with Crippen molar-refractivity contribution in [3.05, 3.63) is 0 Å². The summed E-state index contributed by atoms with van der Waals surface area (Å²) in [4.78, 5) is 10.8. The molecular weight excluding hydrogens is 210 g/mol. The van der Waals surface area contributed by atoms with Crippen LogP contribution in [-0.4, -0.2) is 45.0 Å². The van der Waals surface area contributed by atoms with Gasteiger partial charge in [-0.25, -0.2) is 13.1 Å². The number of aliphatic hydroxyl groups is 1. The molecule has 0 unspecified atom stereocenters. The van der Waals surface area contributed by atoms with Crippen LogP contribution in [0.3, 0.4) is 0 Å². The van der Waals surface area contributed by atoms with E-state index in [0.717, 1.165) is 0 Å². The highest BCUT2D eigenvalue weighted by Gasteiger charge is 2.09. The van der Waals surface area contributed by atoms with E-state index >= 15 is 0 Å². The zero-order valence-electron chi connectivity index (χ0n) is 8.02. The number of hydrogen-bond donors (Lipinski definition) is 2. The maximum atomic E-state index is 10.9. The zero-order valence-corrected chi connectivity index (χ0v) is 8.84. The van der Waals surface area contributed by atoms with Crippen LogP contribution in [-0.2, 0) is 19.6 Å². The van der Waals surface area contributed by atoms with Crippen molar-refractivity contribution >= 4 is 16.0 Å². The molecule has 0 aliphatic rings. The molecule has 84 valence electrons. The number of carbonyl (C=O) groups excluding carboxylic acids is 1. The lowest BCUT2D eigenvalue weighted by atomic mass is 10.4. The van der Waals surface area contributed by atoms with E-state index in [1.165, 1.54) is 0 Å². The Morgan fingerprint density at radius 3 is 2.64 bits per heavy atom. The van der Waals surface area contributed by atoms with Gasteiger partial charge in [0, 0.05) is 6.54 Å². The lowest BCUT2D eigenvalue weighted by Gasteiger charge is -2.04. The van der Waals surface area contributed by atoms with Gasteiger partial charge in [0.2, 0.25) is 10.0 Å². The predicted molar refractivity (Wildman–Crippen MR) is 50.1 cm³/mol. The fourth-order valence-corrected chi connectivity index (χ4v) is 1.53. The van der Waals surface area contributed by atoms with Crippen LogP contribution in [0.25, 0.3) is 0 Å².